The Morgan fingerprint density at radius 3 is 2.62 bits per heavy atom. The maximum atomic E-state index is 5.07. The minimum atomic E-state index is 0. The van der Waals surface area contributed by atoms with E-state index in [2.05, 4.69) is 51.6 Å². The van der Waals surface area contributed by atoms with E-state index in [0.29, 0.717) is 0 Å². The number of methoxy groups -OCH3 is 1. The summed E-state index contributed by atoms with van der Waals surface area (Å²) < 4.78 is 5.07. The summed E-state index contributed by atoms with van der Waals surface area (Å²) in [4.78, 5) is 6.74. The molecular formula is C19H30IN3O. The van der Waals surface area contributed by atoms with Crippen molar-refractivity contribution < 1.29 is 4.74 Å². The molecule has 0 amide bonds. The first-order valence-corrected chi connectivity index (χ1v) is 8.54. The van der Waals surface area contributed by atoms with Gasteiger partial charge in [-0.15, -0.1) is 24.0 Å². The van der Waals surface area contributed by atoms with E-state index in [0.717, 1.165) is 51.5 Å². The Balaban J connectivity index is 0.00000288. The van der Waals surface area contributed by atoms with Gasteiger partial charge in [0.25, 0.3) is 0 Å². The predicted octanol–water partition coefficient (Wildman–Crippen LogP) is 3.79. The highest BCUT2D eigenvalue weighted by Gasteiger charge is 2.15. The van der Waals surface area contributed by atoms with Crippen molar-refractivity contribution in [2.75, 3.05) is 40.4 Å². The summed E-state index contributed by atoms with van der Waals surface area (Å²) in [7, 11) is 3.62. The largest absolute Gasteiger partial charge is 0.385 e. The number of guanidine groups is 1. The average molecular weight is 443 g/mol. The number of ether oxygens (including phenoxy) is 1. The minimum absolute atomic E-state index is 0. The number of benzene rings is 1. The van der Waals surface area contributed by atoms with Crippen molar-refractivity contribution in [3.05, 3.63) is 42.0 Å². The van der Waals surface area contributed by atoms with Crippen molar-refractivity contribution in [3.63, 3.8) is 0 Å². The topological polar surface area (TPSA) is 36.9 Å². The van der Waals surface area contributed by atoms with Crippen LogP contribution in [0.15, 0.2) is 41.4 Å². The van der Waals surface area contributed by atoms with Crippen LogP contribution in [-0.4, -0.2) is 51.3 Å². The third kappa shape index (κ3) is 6.81. The molecule has 0 aromatic heterocycles. The van der Waals surface area contributed by atoms with Crippen molar-refractivity contribution in [3.8, 4) is 0 Å². The lowest BCUT2D eigenvalue weighted by Crippen LogP contribution is -2.43. The van der Waals surface area contributed by atoms with Crippen LogP contribution in [0.1, 0.15) is 31.2 Å². The van der Waals surface area contributed by atoms with Crippen LogP contribution in [0.4, 0.5) is 0 Å². The van der Waals surface area contributed by atoms with E-state index >= 15 is 0 Å². The predicted molar refractivity (Wildman–Crippen MR) is 113 cm³/mol. The SMILES string of the molecule is CN=C(NCCCCCOC)N1CC=C(c2ccccc2)CC1.I. The molecule has 4 nitrogen and oxygen atoms in total. The van der Waals surface area contributed by atoms with E-state index in [1.807, 2.05) is 7.05 Å². The van der Waals surface area contributed by atoms with E-state index in [1.54, 1.807) is 7.11 Å². The molecule has 0 bridgehead atoms. The molecule has 2 rings (SSSR count). The summed E-state index contributed by atoms with van der Waals surface area (Å²) in [5.41, 5.74) is 2.78. The Labute approximate surface area is 163 Å². The first-order valence-electron chi connectivity index (χ1n) is 8.54. The average Bonchev–Trinajstić information content (AvgIpc) is 2.62. The van der Waals surface area contributed by atoms with Crippen molar-refractivity contribution in [2.45, 2.75) is 25.7 Å². The summed E-state index contributed by atoms with van der Waals surface area (Å²) in [6, 6.07) is 10.7. The Hall–Kier alpha value is -1.08. The van der Waals surface area contributed by atoms with Gasteiger partial charge in [-0.25, -0.2) is 0 Å². The van der Waals surface area contributed by atoms with Crippen molar-refractivity contribution >= 4 is 35.5 Å². The molecule has 0 aliphatic carbocycles. The van der Waals surface area contributed by atoms with Crippen molar-refractivity contribution in [1.29, 1.82) is 0 Å². The molecule has 0 radical (unpaired) electrons. The maximum absolute atomic E-state index is 5.07. The fraction of sp³-hybridized carbons (Fsp3) is 0.526. The molecule has 1 aliphatic rings. The molecule has 1 aliphatic heterocycles. The van der Waals surface area contributed by atoms with Crippen LogP contribution in [0.2, 0.25) is 0 Å². The van der Waals surface area contributed by atoms with E-state index in [1.165, 1.54) is 17.6 Å². The van der Waals surface area contributed by atoms with E-state index in [9.17, 15) is 0 Å². The molecule has 0 spiro atoms. The number of rotatable bonds is 7. The van der Waals surface area contributed by atoms with E-state index in [4.69, 9.17) is 4.74 Å². The molecule has 1 aromatic carbocycles. The quantitative estimate of drug-likeness (QED) is 0.302. The van der Waals surface area contributed by atoms with Gasteiger partial charge in [0.1, 0.15) is 0 Å². The van der Waals surface area contributed by atoms with Crippen LogP contribution >= 0.6 is 24.0 Å². The van der Waals surface area contributed by atoms with E-state index < -0.39 is 0 Å². The smallest absolute Gasteiger partial charge is 0.193 e. The number of aliphatic imine (C=N–C) groups is 1. The Bertz CT molecular complexity index is 517. The van der Waals surface area contributed by atoms with Crippen molar-refractivity contribution in [1.82, 2.24) is 10.2 Å². The van der Waals surface area contributed by atoms with E-state index in [-0.39, 0.29) is 24.0 Å². The second-order valence-electron chi connectivity index (χ2n) is 5.82. The third-order valence-electron chi connectivity index (χ3n) is 4.17. The fourth-order valence-electron chi connectivity index (χ4n) is 2.86. The van der Waals surface area contributed by atoms with Crippen LogP contribution in [0, 0.1) is 0 Å². The Kier molecular flexibility index (Phi) is 10.7. The summed E-state index contributed by atoms with van der Waals surface area (Å²) >= 11 is 0. The number of nitrogens with one attached hydrogen (secondary N) is 1. The number of hydrogen-bond donors (Lipinski definition) is 1. The van der Waals surface area contributed by atoms with Gasteiger partial charge < -0.3 is 15.0 Å². The molecular weight excluding hydrogens is 413 g/mol. The zero-order chi connectivity index (χ0) is 16.3. The van der Waals surface area contributed by atoms with Gasteiger partial charge in [-0.3, -0.25) is 4.99 Å². The molecule has 0 saturated carbocycles. The highest BCUT2D eigenvalue weighted by Crippen LogP contribution is 2.21. The second-order valence-corrected chi connectivity index (χ2v) is 5.82. The second kappa shape index (κ2) is 12.3. The molecule has 1 aromatic rings. The zero-order valence-corrected chi connectivity index (χ0v) is 17.2. The monoisotopic (exact) mass is 443 g/mol. The van der Waals surface area contributed by atoms with Crippen LogP contribution in [0.3, 0.4) is 0 Å². The molecule has 24 heavy (non-hydrogen) atoms. The summed E-state index contributed by atoms with van der Waals surface area (Å²) in [5, 5.41) is 3.48. The Morgan fingerprint density at radius 1 is 1.21 bits per heavy atom. The van der Waals surface area contributed by atoms with Gasteiger partial charge in [-0.2, -0.15) is 0 Å². The molecule has 0 fully saturated rings. The molecule has 0 saturated heterocycles. The number of unbranched alkanes of at least 4 members (excludes halogenated alkanes) is 2. The molecule has 134 valence electrons. The summed E-state index contributed by atoms with van der Waals surface area (Å²) in [5.74, 6) is 1.01. The van der Waals surface area contributed by atoms with Gasteiger partial charge in [0.15, 0.2) is 5.96 Å². The summed E-state index contributed by atoms with van der Waals surface area (Å²) in [6.45, 7) is 3.77. The van der Waals surface area contributed by atoms with Gasteiger partial charge in [-0.1, -0.05) is 36.4 Å². The van der Waals surface area contributed by atoms with Gasteiger partial charge in [-0.05, 0) is 36.8 Å². The fourth-order valence-corrected chi connectivity index (χ4v) is 2.86. The Morgan fingerprint density at radius 2 is 2.00 bits per heavy atom. The lowest BCUT2D eigenvalue weighted by Gasteiger charge is -2.29. The lowest BCUT2D eigenvalue weighted by molar-refractivity contribution is 0.192. The minimum Gasteiger partial charge on any atom is -0.385 e. The van der Waals surface area contributed by atoms with Crippen molar-refractivity contribution in [2.24, 2.45) is 4.99 Å². The third-order valence-corrected chi connectivity index (χ3v) is 4.17. The highest BCUT2D eigenvalue weighted by molar-refractivity contribution is 14.0. The highest BCUT2D eigenvalue weighted by atomic mass is 127. The van der Waals surface area contributed by atoms with Crippen LogP contribution < -0.4 is 5.32 Å². The standard InChI is InChI=1S/C19H29N3O.HI/c1-20-19(21-13-7-4-8-16-23-2)22-14-11-18(12-15-22)17-9-5-3-6-10-17;/h3,5-6,9-11H,4,7-8,12-16H2,1-2H3,(H,20,21);1H. The molecule has 1 heterocycles. The molecule has 0 unspecified atom stereocenters. The van der Waals surface area contributed by atoms with Crippen LogP contribution in [-0.2, 0) is 4.74 Å². The van der Waals surface area contributed by atoms with Gasteiger partial charge in [0.05, 0.1) is 0 Å². The lowest BCUT2D eigenvalue weighted by atomic mass is 10.00. The molecule has 0 atom stereocenters. The first kappa shape index (κ1) is 21.0. The maximum Gasteiger partial charge on any atom is 0.193 e. The number of nitrogens with zero attached hydrogens (tertiary/aromatic N) is 2. The van der Waals surface area contributed by atoms with Crippen LogP contribution in [0.5, 0.6) is 0 Å². The van der Waals surface area contributed by atoms with Gasteiger partial charge in [0, 0.05) is 40.4 Å². The molecule has 5 heteroatoms. The van der Waals surface area contributed by atoms with Gasteiger partial charge >= 0.3 is 0 Å². The molecule has 1 N–H and O–H groups in total. The number of halogens is 1. The first-order chi connectivity index (χ1) is 11.3. The number of hydrogen-bond acceptors (Lipinski definition) is 2. The van der Waals surface area contributed by atoms with Crippen LogP contribution in [0.25, 0.3) is 5.57 Å². The zero-order valence-electron chi connectivity index (χ0n) is 14.8. The normalized spacial score (nSPS) is 14.8. The van der Waals surface area contributed by atoms with Gasteiger partial charge in [0.2, 0.25) is 0 Å². The summed E-state index contributed by atoms with van der Waals surface area (Å²) in [6.07, 6.45) is 6.86.